The van der Waals surface area contributed by atoms with Gasteiger partial charge in [0.05, 0.1) is 25.5 Å². The number of benzene rings is 1. The number of aliphatic hydroxyl groups excluding tert-OH is 1. The van der Waals surface area contributed by atoms with Crippen molar-refractivity contribution in [1.82, 2.24) is 14.6 Å². The van der Waals surface area contributed by atoms with Gasteiger partial charge >= 0.3 is 19.4 Å². The van der Waals surface area contributed by atoms with Crippen LogP contribution in [0, 0.1) is 5.92 Å². The van der Waals surface area contributed by atoms with E-state index >= 15 is 0 Å². The topological polar surface area (TPSA) is 164 Å². The number of carbonyl (C=O) groups is 1. The second-order valence-electron chi connectivity index (χ2n) is 8.45. The summed E-state index contributed by atoms with van der Waals surface area (Å²) in [4.78, 5) is 28.0. The van der Waals surface area contributed by atoms with Crippen LogP contribution in [0.5, 0.6) is 5.75 Å². The van der Waals surface area contributed by atoms with Gasteiger partial charge in [0, 0.05) is 12.1 Å². The summed E-state index contributed by atoms with van der Waals surface area (Å²) >= 11 is 0. The molecule has 1 saturated heterocycles. The largest absolute Gasteiger partial charge is 0.462 e. The van der Waals surface area contributed by atoms with Crippen molar-refractivity contribution in [3.8, 4) is 5.75 Å². The summed E-state index contributed by atoms with van der Waals surface area (Å²) in [5.74, 6) is -1.65. The van der Waals surface area contributed by atoms with Crippen molar-refractivity contribution in [3.05, 3.63) is 53.1 Å². The number of nitrogens with one attached hydrogen (secondary N) is 1. The van der Waals surface area contributed by atoms with Crippen LogP contribution in [0.1, 0.15) is 27.0 Å². The first kappa shape index (κ1) is 27.8. The molecule has 14 heteroatoms. The van der Waals surface area contributed by atoms with E-state index in [1.165, 1.54) is 31.3 Å². The summed E-state index contributed by atoms with van der Waals surface area (Å²) in [6.45, 7) is 3.24. The fraction of sp³-hybridized carbons (Fsp3) is 0.500. The van der Waals surface area contributed by atoms with Crippen LogP contribution in [-0.4, -0.2) is 58.3 Å². The number of aromatic nitrogens is 2. The Morgan fingerprint density at radius 2 is 2.00 bits per heavy atom. The fourth-order valence-corrected chi connectivity index (χ4v) is 5.00. The number of hydrogen-bond acceptors (Lipinski definition) is 10. The van der Waals surface area contributed by atoms with E-state index in [0.29, 0.717) is 0 Å². The maximum Gasteiger partial charge on any atom is 0.459 e. The Labute approximate surface area is 207 Å². The second kappa shape index (κ2) is 11.9. The summed E-state index contributed by atoms with van der Waals surface area (Å²) in [6.07, 6.45) is -2.97. The molecule has 198 valence electrons. The van der Waals surface area contributed by atoms with Gasteiger partial charge in [0.25, 0.3) is 0 Å². The molecule has 6 atom stereocenters. The fourth-order valence-electron chi connectivity index (χ4n) is 3.50. The first-order valence-corrected chi connectivity index (χ1v) is 12.8. The Kier molecular flexibility index (Phi) is 9.20. The number of hydrogen-bond donors (Lipinski definition) is 3. The van der Waals surface area contributed by atoms with Crippen LogP contribution in [0.15, 0.2) is 47.4 Å². The van der Waals surface area contributed by atoms with E-state index in [4.69, 9.17) is 24.3 Å². The van der Waals surface area contributed by atoms with Gasteiger partial charge in [0.15, 0.2) is 6.23 Å². The highest BCUT2D eigenvalue weighted by atomic mass is 31.2. The number of nitrogen functional groups attached to an aromatic ring is 1. The van der Waals surface area contributed by atoms with Crippen LogP contribution in [-0.2, 0) is 23.4 Å². The molecule has 0 saturated carbocycles. The average molecular weight is 528 g/mol. The summed E-state index contributed by atoms with van der Waals surface area (Å²) in [5.41, 5.74) is 4.70. The van der Waals surface area contributed by atoms with E-state index in [1.54, 1.807) is 32.0 Å². The molecule has 2 aromatic rings. The van der Waals surface area contributed by atoms with Gasteiger partial charge in [0.1, 0.15) is 23.7 Å². The van der Waals surface area contributed by atoms with E-state index < -0.39 is 69.2 Å². The number of nitrogens with zero attached hydrogens (tertiary/aromatic N) is 2. The minimum absolute atomic E-state index is 0.0270. The first-order valence-electron chi connectivity index (χ1n) is 11.2. The quantitative estimate of drug-likeness (QED) is 0.288. The molecule has 3 rings (SSSR count). The van der Waals surface area contributed by atoms with E-state index in [2.05, 4.69) is 10.1 Å². The number of carbonyl (C=O) groups excluding carboxylic acids is 1. The number of ether oxygens (including phenoxy) is 2. The zero-order valence-corrected chi connectivity index (χ0v) is 20.9. The van der Waals surface area contributed by atoms with Crippen molar-refractivity contribution >= 4 is 19.5 Å². The van der Waals surface area contributed by atoms with E-state index in [-0.39, 0.29) is 11.6 Å². The summed E-state index contributed by atoms with van der Waals surface area (Å²) in [5, 5.41) is 13.1. The van der Waals surface area contributed by atoms with Gasteiger partial charge in [-0.15, -0.1) is 0 Å². The lowest BCUT2D eigenvalue weighted by atomic mass is 10.00. The SMILES string of the molecule is CC(C)OC(=O)C(C)NP(=O)(OCC1OC(n2ccc(N)nc2=O)C(O)C1CF)Oc1ccccc1. The van der Waals surface area contributed by atoms with Crippen molar-refractivity contribution in [2.45, 2.75) is 51.4 Å². The monoisotopic (exact) mass is 528 g/mol. The lowest BCUT2D eigenvalue weighted by Gasteiger charge is -2.25. The van der Waals surface area contributed by atoms with Crippen molar-refractivity contribution in [2.24, 2.45) is 5.92 Å². The van der Waals surface area contributed by atoms with Crippen molar-refractivity contribution in [2.75, 3.05) is 19.0 Å². The zero-order chi connectivity index (χ0) is 26.5. The van der Waals surface area contributed by atoms with Gasteiger partial charge in [-0.1, -0.05) is 18.2 Å². The van der Waals surface area contributed by atoms with Crippen LogP contribution in [0.25, 0.3) is 0 Å². The molecular formula is C22H30FN4O8P. The predicted molar refractivity (Wildman–Crippen MR) is 127 cm³/mol. The number of halogens is 1. The minimum Gasteiger partial charge on any atom is -0.462 e. The summed E-state index contributed by atoms with van der Waals surface area (Å²) < 4.78 is 50.4. The standard InChI is InChI=1S/C22H30FN4O8P/c1-13(2)33-21(29)14(3)26-36(31,35-15-7-5-4-6-8-15)32-12-17-16(11-23)19(28)20(34-17)27-10-9-18(24)25-22(27)30/h4-10,13-14,16-17,19-20,28H,11-12H2,1-3H3,(H,26,31)(H2,24,25,30). The van der Waals surface area contributed by atoms with Crippen LogP contribution in [0.3, 0.4) is 0 Å². The van der Waals surface area contributed by atoms with Crippen LogP contribution in [0.4, 0.5) is 10.2 Å². The third kappa shape index (κ3) is 6.89. The molecule has 1 aliphatic heterocycles. The van der Waals surface area contributed by atoms with E-state index in [0.717, 1.165) is 4.57 Å². The summed E-state index contributed by atoms with van der Waals surface area (Å²) in [7, 11) is -4.24. The predicted octanol–water partition coefficient (Wildman–Crippen LogP) is 1.80. The molecule has 2 heterocycles. The highest BCUT2D eigenvalue weighted by Gasteiger charge is 2.46. The molecule has 1 aromatic carbocycles. The van der Waals surface area contributed by atoms with E-state index in [9.17, 15) is 23.7 Å². The molecule has 1 aromatic heterocycles. The number of rotatable bonds is 11. The van der Waals surface area contributed by atoms with Gasteiger partial charge in [-0.05, 0) is 39.0 Å². The third-order valence-electron chi connectivity index (χ3n) is 5.26. The molecule has 6 unspecified atom stereocenters. The molecule has 1 aliphatic rings. The maximum absolute atomic E-state index is 13.9. The van der Waals surface area contributed by atoms with Crippen LogP contribution < -0.4 is 21.0 Å². The average Bonchev–Trinajstić information content (AvgIpc) is 3.13. The third-order valence-corrected chi connectivity index (χ3v) is 6.90. The Hall–Kier alpha value is -2.83. The molecule has 4 N–H and O–H groups in total. The minimum atomic E-state index is -4.24. The Bertz CT molecular complexity index is 1130. The van der Waals surface area contributed by atoms with Crippen molar-refractivity contribution < 1.29 is 37.4 Å². The van der Waals surface area contributed by atoms with Gasteiger partial charge in [-0.2, -0.15) is 10.1 Å². The molecule has 0 amide bonds. The highest BCUT2D eigenvalue weighted by Crippen LogP contribution is 2.46. The molecule has 0 bridgehead atoms. The normalized spacial score (nSPS) is 24.3. The van der Waals surface area contributed by atoms with Gasteiger partial charge in [0.2, 0.25) is 0 Å². The first-order chi connectivity index (χ1) is 17.0. The Balaban J connectivity index is 1.78. The van der Waals surface area contributed by atoms with Crippen LogP contribution >= 0.6 is 7.75 Å². The molecule has 0 spiro atoms. The van der Waals surface area contributed by atoms with Crippen molar-refractivity contribution in [3.63, 3.8) is 0 Å². The smallest absolute Gasteiger partial charge is 0.459 e. The Morgan fingerprint density at radius 1 is 1.31 bits per heavy atom. The molecule has 0 aliphatic carbocycles. The lowest BCUT2D eigenvalue weighted by molar-refractivity contribution is -0.149. The number of alkyl halides is 1. The van der Waals surface area contributed by atoms with Gasteiger partial charge < -0.3 is 24.8 Å². The van der Waals surface area contributed by atoms with Crippen LogP contribution in [0.2, 0.25) is 0 Å². The zero-order valence-electron chi connectivity index (χ0n) is 20.0. The number of aliphatic hydroxyl groups is 1. The summed E-state index contributed by atoms with van der Waals surface area (Å²) in [6, 6.07) is 8.33. The molecule has 1 fully saturated rings. The molecule has 0 radical (unpaired) electrons. The lowest BCUT2D eigenvalue weighted by Crippen LogP contribution is -2.37. The molecular weight excluding hydrogens is 498 g/mol. The maximum atomic E-state index is 13.9. The number of anilines is 1. The second-order valence-corrected chi connectivity index (χ2v) is 10.1. The molecule has 36 heavy (non-hydrogen) atoms. The number of esters is 1. The van der Waals surface area contributed by atoms with Gasteiger partial charge in [-0.3, -0.25) is 18.3 Å². The Morgan fingerprint density at radius 3 is 2.61 bits per heavy atom. The van der Waals surface area contributed by atoms with Gasteiger partial charge in [-0.25, -0.2) is 9.36 Å². The van der Waals surface area contributed by atoms with Crippen molar-refractivity contribution in [1.29, 1.82) is 0 Å². The van der Waals surface area contributed by atoms with E-state index in [1.807, 2.05) is 0 Å². The highest BCUT2D eigenvalue weighted by molar-refractivity contribution is 7.52. The number of nitrogens with two attached hydrogens (primary N) is 1. The number of para-hydroxylation sites is 1. The molecule has 12 nitrogen and oxygen atoms in total.